The molecule has 6 heteroatoms. The van der Waals surface area contributed by atoms with Crippen molar-refractivity contribution in [3.8, 4) is 0 Å². The van der Waals surface area contributed by atoms with E-state index in [1.54, 1.807) is 0 Å². The first-order chi connectivity index (χ1) is 10.3. The summed E-state index contributed by atoms with van der Waals surface area (Å²) in [6.07, 6.45) is 9.25. The van der Waals surface area contributed by atoms with Crippen LogP contribution in [0.25, 0.3) is 0 Å². The average Bonchev–Trinajstić information content (AvgIpc) is 3.15. The molecule has 0 spiro atoms. The molecule has 0 radical (unpaired) electrons. The van der Waals surface area contributed by atoms with Crippen LogP contribution in [-0.4, -0.2) is 51.9 Å². The highest BCUT2D eigenvalue weighted by Gasteiger charge is 2.32. The van der Waals surface area contributed by atoms with Crippen LogP contribution in [0.2, 0.25) is 0 Å². The average molecular weight is 307 g/mol. The molecule has 0 aromatic carbocycles. The largest absolute Gasteiger partial charge is 0.338 e. The van der Waals surface area contributed by atoms with Crippen molar-refractivity contribution in [3.05, 3.63) is 4.77 Å². The number of rotatable bonds is 2. The van der Waals surface area contributed by atoms with Gasteiger partial charge >= 0.3 is 0 Å². The second-order valence-corrected chi connectivity index (χ2v) is 7.16. The molecule has 1 N–H and O–H groups in total. The molecule has 4 rings (SSSR count). The van der Waals surface area contributed by atoms with Crippen molar-refractivity contribution in [2.75, 3.05) is 31.1 Å². The van der Waals surface area contributed by atoms with E-state index in [-0.39, 0.29) is 0 Å². The molecule has 0 amide bonds. The van der Waals surface area contributed by atoms with E-state index in [9.17, 15) is 0 Å². The van der Waals surface area contributed by atoms with Gasteiger partial charge in [-0.2, -0.15) is 0 Å². The van der Waals surface area contributed by atoms with Gasteiger partial charge in [-0.1, -0.05) is 19.3 Å². The lowest BCUT2D eigenvalue weighted by Gasteiger charge is -2.44. The van der Waals surface area contributed by atoms with E-state index in [2.05, 4.69) is 24.6 Å². The zero-order chi connectivity index (χ0) is 14.2. The monoisotopic (exact) mass is 307 g/mol. The van der Waals surface area contributed by atoms with Gasteiger partial charge in [-0.05, 0) is 44.4 Å². The summed E-state index contributed by atoms with van der Waals surface area (Å²) in [6, 6.07) is 1.28. The van der Waals surface area contributed by atoms with Crippen LogP contribution in [0.15, 0.2) is 0 Å². The second-order valence-electron chi connectivity index (χ2n) is 6.77. The van der Waals surface area contributed by atoms with Gasteiger partial charge in [-0.15, -0.1) is 5.10 Å². The maximum atomic E-state index is 5.50. The predicted molar refractivity (Wildman–Crippen MR) is 86.3 cm³/mol. The van der Waals surface area contributed by atoms with Crippen molar-refractivity contribution in [3.63, 3.8) is 0 Å². The molecule has 1 aromatic heterocycles. The Morgan fingerprint density at radius 3 is 2.57 bits per heavy atom. The van der Waals surface area contributed by atoms with Gasteiger partial charge in [0.05, 0.1) is 0 Å². The Kier molecular flexibility index (Phi) is 3.75. The molecule has 2 aliphatic heterocycles. The number of H-pyrrole nitrogens is 1. The fourth-order valence-electron chi connectivity index (χ4n) is 4.35. The minimum Gasteiger partial charge on any atom is -0.338 e. The number of piperidine rings is 1. The van der Waals surface area contributed by atoms with Crippen LogP contribution in [0, 0.1) is 4.77 Å². The molecule has 1 atom stereocenters. The van der Waals surface area contributed by atoms with Gasteiger partial charge in [0, 0.05) is 31.7 Å². The van der Waals surface area contributed by atoms with Gasteiger partial charge in [0.25, 0.3) is 0 Å². The van der Waals surface area contributed by atoms with Crippen molar-refractivity contribution >= 4 is 18.2 Å². The van der Waals surface area contributed by atoms with Gasteiger partial charge in [0.15, 0.2) is 4.77 Å². The van der Waals surface area contributed by atoms with Gasteiger partial charge in [0.1, 0.15) is 0 Å². The quantitative estimate of drug-likeness (QED) is 0.853. The summed E-state index contributed by atoms with van der Waals surface area (Å²) in [7, 11) is 0. The Morgan fingerprint density at radius 1 is 0.952 bits per heavy atom. The van der Waals surface area contributed by atoms with Crippen LogP contribution < -0.4 is 4.90 Å². The Labute approximate surface area is 131 Å². The summed E-state index contributed by atoms with van der Waals surface area (Å²) in [5, 5.41) is 7.62. The first-order valence-electron chi connectivity index (χ1n) is 8.49. The summed E-state index contributed by atoms with van der Waals surface area (Å²) in [5.74, 6) is 1.09. The van der Waals surface area contributed by atoms with E-state index in [0.717, 1.165) is 29.9 Å². The van der Waals surface area contributed by atoms with Crippen LogP contribution in [0.1, 0.15) is 51.0 Å². The Bertz CT molecular complexity index is 545. The van der Waals surface area contributed by atoms with Crippen LogP contribution >= 0.6 is 12.2 Å². The van der Waals surface area contributed by atoms with Crippen molar-refractivity contribution in [2.24, 2.45) is 0 Å². The number of aromatic nitrogens is 3. The smallest absolute Gasteiger partial charge is 0.226 e. The predicted octanol–water partition coefficient (Wildman–Crippen LogP) is 2.73. The normalized spacial score (nSPS) is 28.0. The number of piperazine rings is 1. The van der Waals surface area contributed by atoms with Gasteiger partial charge < -0.3 is 4.90 Å². The van der Waals surface area contributed by atoms with Gasteiger partial charge in [-0.25, -0.2) is 5.10 Å². The topological polar surface area (TPSA) is 40.1 Å². The lowest BCUT2D eigenvalue weighted by Crippen LogP contribution is -2.55. The van der Waals surface area contributed by atoms with E-state index in [1.807, 2.05) is 0 Å². The molecule has 5 nitrogen and oxygen atoms in total. The lowest BCUT2D eigenvalue weighted by atomic mass is 10.00. The maximum Gasteiger partial charge on any atom is 0.226 e. The molecule has 1 saturated carbocycles. The number of nitrogens with zero attached hydrogens (tertiary/aromatic N) is 4. The second kappa shape index (κ2) is 5.72. The van der Waals surface area contributed by atoms with Crippen molar-refractivity contribution in [1.29, 1.82) is 0 Å². The molecule has 3 fully saturated rings. The third kappa shape index (κ3) is 2.52. The number of hydrogen-bond acceptors (Lipinski definition) is 4. The highest BCUT2D eigenvalue weighted by Crippen LogP contribution is 2.33. The number of anilines is 1. The molecule has 3 heterocycles. The first kappa shape index (κ1) is 13.8. The van der Waals surface area contributed by atoms with Gasteiger partial charge in [0.2, 0.25) is 5.95 Å². The van der Waals surface area contributed by atoms with Crippen LogP contribution in [0.5, 0.6) is 0 Å². The number of nitrogens with one attached hydrogen (secondary N) is 1. The van der Waals surface area contributed by atoms with E-state index in [0.29, 0.717) is 6.04 Å². The molecule has 2 saturated heterocycles. The highest BCUT2D eigenvalue weighted by atomic mass is 32.1. The third-order valence-electron chi connectivity index (χ3n) is 5.50. The number of aromatic amines is 1. The SMILES string of the molecule is S=c1[nH]nc(N2CCN3CCCCC3C2)n1C1CCCC1. The molecular weight excluding hydrogens is 282 g/mol. The van der Waals surface area contributed by atoms with Crippen LogP contribution in [0.4, 0.5) is 5.95 Å². The summed E-state index contributed by atoms with van der Waals surface area (Å²) < 4.78 is 3.11. The third-order valence-corrected chi connectivity index (χ3v) is 5.78. The standard InChI is InChI=1S/C15H25N5S/c21-15-17-16-14(20(15)12-5-1-2-6-12)19-10-9-18-8-4-3-7-13(18)11-19/h12-13H,1-11H2,(H,17,21). The zero-order valence-electron chi connectivity index (χ0n) is 12.6. The summed E-state index contributed by atoms with van der Waals surface area (Å²) >= 11 is 5.50. The first-order valence-corrected chi connectivity index (χ1v) is 8.89. The molecular formula is C15H25N5S. The fraction of sp³-hybridized carbons (Fsp3) is 0.867. The lowest BCUT2D eigenvalue weighted by molar-refractivity contribution is 0.132. The summed E-state index contributed by atoms with van der Waals surface area (Å²) in [4.78, 5) is 5.14. The molecule has 1 aromatic rings. The zero-order valence-corrected chi connectivity index (χ0v) is 13.4. The molecule has 0 bridgehead atoms. The Hall–Kier alpha value is -0.880. The molecule has 21 heavy (non-hydrogen) atoms. The highest BCUT2D eigenvalue weighted by molar-refractivity contribution is 7.71. The molecule has 1 aliphatic carbocycles. The van der Waals surface area contributed by atoms with E-state index in [1.165, 1.54) is 58.0 Å². The van der Waals surface area contributed by atoms with Crippen LogP contribution in [0.3, 0.4) is 0 Å². The molecule has 1 unspecified atom stereocenters. The molecule has 116 valence electrons. The van der Waals surface area contributed by atoms with Crippen molar-refractivity contribution < 1.29 is 0 Å². The number of hydrogen-bond donors (Lipinski definition) is 1. The van der Waals surface area contributed by atoms with Gasteiger partial charge in [-0.3, -0.25) is 9.47 Å². The van der Waals surface area contributed by atoms with E-state index in [4.69, 9.17) is 12.2 Å². The number of fused-ring (bicyclic) bond motifs is 1. The maximum absolute atomic E-state index is 5.50. The minimum atomic E-state index is 0.565. The van der Waals surface area contributed by atoms with Crippen molar-refractivity contribution in [1.82, 2.24) is 19.7 Å². The van der Waals surface area contributed by atoms with Crippen molar-refractivity contribution in [2.45, 2.75) is 57.0 Å². The van der Waals surface area contributed by atoms with E-state index >= 15 is 0 Å². The Balaban J connectivity index is 1.57. The molecule has 3 aliphatic rings. The fourth-order valence-corrected chi connectivity index (χ4v) is 4.63. The summed E-state index contributed by atoms with van der Waals surface area (Å²) in [6.45, 7) is 4.66. The van der Waals surface area contributed by atoms with Crippen LogP contribution in [-0.2, 0) is 0 Å². The summed E-state index contributed by atoms with van der Waals surface area (Å²) in [5.41, 5.74) is 0. The Morgan fingerprint density at radius 2 is 1.71 bits per heavy atom. The van der Waals surface area contributed by atoms with E-state index < -0.39 is 0 Å². The minimum absolute atomic E-state index is 0.565.